The van der Waals surface area contributed by atoms with Crippen LogP contribution in [-0.4, -0.2) is 60.6 Å². The van der Waals surface area contributed by atoms with Gasteiger partial charge in [0.1, 0.15) is 0 Å². The summed E-state index contributed by atoms with van der Waals surface area (Å²) in [5.74, 6) is 0. The highest BCUT2D eigenvalue weighted by Crippen LogP contribution is 2.13. The minimum Gasteiger partial charge on any atom is -0.314 e. The Labute approximate surface area is 133 Å². The summed E-state index contributed by atoms with van der Waals surface area (Å²) in [4.78, 5) is 9.84. The number of rotatable bonds is 3. The lowest BCUT2D eigenvalue weighted by Crippen LogP contribution is -2.35. The van der Waals surface area contributed by atoms with Gasteiger partial charge < -0.3 is 10.2 Å². The molecule has 0 radical (unpaired) electrons. The molecule has 1 saturated heterocycles. The number of hydrogen-bond donors (Lipinski definition) is 1. The number of pyridine rings is 1. The molecule has 0 bridgehead atoms. The van der Waals surface area contributed by atoms with Crippen molar-refractivity contribution in [3.8, 4) is 0 Å². The lowest BCUT2D eigenvalue weighted by molar-refractivity contribution is 0.218. The van der Waals surface area contributed by atoms with Crippen LogP contribution in [0.4, 0.5) is 0 Å². The van der Waals surface area contributed by atoms with Crippen LogP contribution in [0.1, 0.15) is 12.6 Å². The molecule has 1 aliphatic heterocycles. The summed E-state index contributed by atoms with van der Waals surface area (Å²) < 4.78 is 0. The second kappa shape index (κ2) is 7.68. The molecule has 0 amide bonds. The molecule has 2 heterocycles. The van der Waals surface area contributed by atoms with Gasteiger partial charge >= 0.3 is 0 Å². The molecule has 1 N–H and O–H groups in total. The van der Waals surface area contributed by atoms with Crippen molar-refractivity contribution in [2.75, 3.05) is 45.8 Å². The van der Waals surface area contributed by atoms with Gasteiger partial charge in [-0.1, -0.05) is 31.2 Å². The SMILES string of the molecule is CCN1CCNCCN(Cc2ccc3ccccc3n2)CC1. The monoisotopic (exact) mass is 298 g/mol. The highest BCUT2D eigenvalue weighted by Gasteiger charge is 2.12. The van der Waals surface area contributed by atoms with Gasteiger partial charge in [-0.25, -0.2) is 0 Å². The molecule has 1 aliphatic rings. The van der Waals surface area contributed by atoms with Crippen molar-refractivity contribution in [2.24, 2.45) is 0 Å². The van der Waals surface area contributed by atoms with E-state index < -0.39 is 0 Å². The molecular weight excluding hydrogens is 272 g/mol. The lowest BCUT2D eigenvalue weighted by atomic mass is 10.2. The Morgan fingerprint density at radius 1 is 0.955 bits per heavy atom. The molecule has 0 atom stereocenters. The van der Waals surface area contributed by atoms with Crippen molar-refractivity contribution < 1.29 is 0 Å². The van der Waals surface area contributed by atoms with Gasteiger partial charge in [-0.05, 0) is 18.7 Å². The largest absolute Gasteiger partial charge is 0.314 e. The predicted molar refractivity (Wildman–Crippen MR) is 92.0 cm³/mol. The summed E-state index contributed by atoms with van der Waals surface area (Å²) in [5, 5.41) is 4.75. The first-order valence-corrected chi connectivity index (χ1v) is 8.35. The normalized spacial score (nSPS) is 18.8. The first-order valence-electron chi connectivity index (χ1n) is 8.35. The maximum absolute atomic E-state index is 4.81. The first-order chi connectivity index (χ1) is 10.8. The van der Waals surface area contributed by atoms with Crippen LogP contribution >= 0.6 is 0 Å². The van der Waals surface area contributed by atoms with E-state index in [9.17, 15) is 0 Å². The molecule has 4 heteroatoms. The Bertz CT molecular complexity index is 598. The Hall–Kier alpha value is -1.49. The Morgan fingerprint density at radius 2 is 1.73 bits per heavy atom. The zero-order chi connectivity index (χ0) is 15.2. The summed E-state index contributed by atoms with van der Waals surface area (Å²) in [6.07, 6.45) is 0. The maximum atomic E-state index is 4.81. The third-order valence-corrected chi connectivity index (χ3v) is 4.43. The van der Waals surface area contributed by atoms with Crippen LogP contribution < -0.4 is 5.32 Å². The average Bonchev–Trinajstić information content (AvgIpc) is 2.67. The number of hydrogen-bond acceptors (Lipinski definition) is 4. The summed E-state index contributed by atoms with van der Waals surface area (Å²) in [6.45, 7) is 11.0. The fraction of sp³-hybridized carbons (Fsp3) is 0.500. The van der Waals surface area contributed by atoms with E-state index in [0.717, 1.165) is 57.9 Å². The van der Waals surface area contributed by atoms with Crippen molar-refractivity contribution in [3.63, 3.8) is 0 Å². The van der Waals surface area contributed by atoms with E-state index in [0.29, 0.717) is 0 Å². The number of fused-ring (bicyclic) bond motifs is 1. The highest BCUT2D eigenvalue weighted by atomic mass is 15.2. The zero-order valence-corrected chi connectivity index (χ0v) is 13.5. The van der Waals surface area contributed by atoms with Gasteiger partial charge in [-0.2, -0.15) is 0 Å². The molecule has 118 valence electrons. The summed E-state index contributed by atoms with van der Waals surface area (Å²) in [7, 11) is 0. The predicted octanol–water partition coefficient (Wildman–Crippen LogP) is 1.96. The van der Waals surface area contributed by atoms with Crippen molar-refractivity contribution in [3.05, 3.63) is 42.1 Å². The second-order valence-electron chi connectivity index (χ2n) is 5.96. The average molecular weight is 298 g/mol. The molecule has 0 aliphatic carbocycles. The number of nitrogens with zero attached hydrogens (tertiary/aromatic N) is 3. The van der Waals surface area contributed by atoms with Crippen LogP contribution in [-0.2, 0) is 6.54 Å². The smallest absolute Gasteiger partial charge is 0.0705 e. The number of benzene rings is 1. The van der Waals surface area contributed by atoms with E-state index in [4.69, 9.17) is 4.98 Å². The van der Waals surface area contributed by atoms with Gasteiger partial charge in [0.15, 0.2) is 0 Å². The lowest BCUT2D eigenvalue weighted by Gasteiger charge is -2.24. The van der Waals surface area contributed by atoms with E-state index in [2.05, 4.69) is 58.4 Å². The quantitative estimate of drug-likeness (QED) is 0.939. The molecule has 22 heavy (non-hydrogen) atoms. The zero-order valence-electron chi connectivity index (χ0n) is 13.5. The van der Waals surface area contributed by atoms with Gasteiger partial charge in [0.2, 0.25) is 0 Å². The molecule has 2 aromatic rings. The molecule has 1 fully saturated rings. The van der Waals surface area contributed by atoms with Crippen LogP contribution in [0.15, 0.2) is 36.4 Å². The fourth-order valence-corrected chi connectivity index (χ4v) is 3.01. The molecular formula is C18H26N4. The Kier molecular flexibility index (Phi) is 5.38. The van der Waals surface area contributed by atoms with Crippen molar-refractivity contribution in [1.82, 2.24) is 20.1 Å². The Morgan fingerprint density at radius 3 is 2.59 bits per heavy atom. The van der Waals surface area contributed by atoms with E-state index in [1.165, 1.54) is 11.1 Å². The van der Waals surface area contributed by atoms with E-state index >= 15 is 0 Å². The number of nitrogens with one attached hydrogen (secondary N) is 1. The highest BCUT2D eigenvalue weighted by molar-refractivity contribution is 5.78. The third kappa shape index (κ3) is 4.03. The van der Waals surface area contributed by atoms with Gasteiger partial charge in [0, 0.05) is 51.2 Å². The van der Waals surface area contributed by atoms with Crippen LogP contribution in [0.2, 0.25) is 0 Å². The number of aromatic nitrogens is 1. The summed E-state index contributed by atoms with van der Waals surface area (Å²) in [6, 6.07) is 12.7. The topological polar surface area (TPSA) is 31.4 Å². The molecule has 0 spiro atoms. The number of likely N-dealkylation sites (N-methyl/N-ethyl adjacent to an activating group) is 1. The van der Waals surface area contributed by atoms with Crippen molar-refractivity contribution in [2.45, 2.75) is 13.5 Å². The van der Waals surface area contributed by atoms with Crippen molar-refractivity contribution in [1.29, 1.82) is 0 Å². The van der Waals surface area contributed by atoms with Crippen molar-refractivity contribution >= 4 is 10.9 Å². The third-order valence-electron chi connectivity index (χ3n) is 4.43. The summed E-state index contributed by atoms with van der Waals surface area (Å²) >= 11 is 0. The Balaban J connectivity index is 1.68. The second-order valence-corrected chi connectivity index (χ2v) is 5.96. The van der Waals surface area contributed by atoms with Gasteiger partial charge in [-0.3, -0.25) is 9.88 Å². The molecule has 4 nitrogen and oxygen atoms in total. The molecule has 0 saturated carbocycles. The van der Waals surface area contributed by atoms with E-state index in [-0.39, 0.29) is 0 Å². The first kappa shape index (κ1) is 15.4. The number of para-hydroxylation sites is 1. The fourth-order valence-electron chi connectivity index (χ4n) is 3.01. The molecule has 1 aromatic heterocycles. The van der Waals surface area contributed by atoms with Gasteiger partial charge in [-0.15, -0.1) is 0 Å². The van der Waals surface area contributed by atoms with Gasteiger partial charge in [0.25, 0.3) is 0 Å². The minimum atomic E-state index is 0.935. The molecule has 3 rings (SSSR count). The van der Waals surface area contributed by atoms with E-state index in [1.54, 1.807) is 0 Å². The van der Waals surface area contributed by atoms with Gasteiger partial charge in [0.05, 0.1) is 11.2 Å². The van der Waals surface area contributed by atoms with E-state index in [1.807, 2.05) is 0 Å². The van der Waals surface area contributed by atoms with Crippen LogP contribution in [0, 0.1) is 0 Å². The molecule has 0 unspecified atom stereocenters. The maximum Gasteiger partial charge on any atom is 0.0705 e. The van der Waals surface area contributed by atoms with Crippen LogP contribution in [0.3, 0.4) is 0 Å². The minimum absolute atomic E-state index is 0.935. The molecule has 1 aromatic carbocycles. The standard InChI is InChI=1S/C18H26N4/c1-2-21-11-9-19-10-12-22(14-13-21)15-17-8-7-16-5-3-4-6-18(16)20-17/h3-8,19H,2,9-15H2,1H3. The van der Waals surface area contributed by atoms with Crippen LogP contribution in [0.5, 0.6) is 0 Å². The van der Waals surface area contributed by atoms with Crippen LogP contribution in [0.25, 0.3) is 10.9 Å². The summed E-state index contributed by atoms with van der Waals surface area (Å²) in [5.41, 5.74) is 2.26.